The number of amides is 1. The lowest BCUT2D eigenvalue weighted by atomic mass is 10.2. The van der Waals surface area contributed by atoms with Gasteiger partial charge in [0, 0.05) is 26.9 Å². The number of benzene rings is 3. The van der Waals surface area contributed by atoms with E-state index in [9.17, 15) is 4.79 Å². The van der Waals surface area contributed by atoms with Crippen molar-refractivity contribution in [2.45, 2.75) is 13.5 Å². The highest BCUT2D eigenvalue weighted by atomic mass is 35.5. The van der Waals surface area contributed by atoms with Gasteiger partial charge in [0.1, 0.15) is 6.61 Å². The van der Waals surface area contributed by atoms with E-state index in [1.54, 1.807) is 60.7 Å². The summed E-state index contributed by atoms with van der Waals surface area (Å²) in [5.41, 5.74) is 10.5. The van der Waals surface area contributed by atoms with Gasteiger partial charge >= 0.3 is 0 Å². The van der Waals surface area contributed by atoms with Gasteiger partial charge in [0.25, 0.3) is 5.91 Å². The summed E-state index contributed by atoms with van der Waals surface area (Å²) < 4.78 is 11.6. The van der Waals surface area contributed by atoms with E-state index in [1.807, 2.05) is 6.92 Å². The van der Waals surface area contributed by atoms with E-state index in [0.29, 0.717) is 45.0 Å². The summed E-state index contributed by atoms with van der Waals surface area (Å²) >= 11 is 12.4. The molecular formula is C23H21Cl2N3O3. The molecular weight excluding hydrogens is 437 g/mol. The molecule has 31 heavy (non-hydrogen) atoms. The molecule has 0 unspecified atom stereocenters. The minimum atomic E-state index is -0.356. The number of rotatable bonds is 8. The number of hydrazone groups is 1. The molecule has 0 saturated carbocycles. The number of nitrogens with zero attached hydrogens (tertiary/aromatic N) is 1. The number of hydrogen-bond acceptors (Lipinski definition) is 5. The van der Waals surface area contributed by atoms with Gasteiger partial charge in [-0.05, 0) is 61.0 Å². The van der Waals surface area contributed by atoms with Gasteiger partial charge in [0.2, 0.25) is 0 Å². The standard InChI is InChI=1S/C23H21Cl2N3O3/c1-2-30-22-11-15(13-27-28-23(29)16-5-3-6-17(26)12-16)9-10-21(22)31-14-18-19(24)7-4-8-20(18)25/h3-13H,2,14,26H2,1H3,(H,28,29)/b27-13-. The van der Waals surface area contributed by atoms with E-state index >= 15 is 0 Å². The molecule has 0 radical (unpaired) electrons. The van der Waals surface area contributed by atoms with E-state index in [-0.39, 0.29) is 12.5 Å². The van der Waals surface area contributed by atoms with Crippen LogP contribution in [0.1, 0.15) is 28.4 Å². The van der Waals surface area contributed by atoms with Crippen LogP contribution in [0.25, 0.3) is 0 Å². The second kappa shape index (κ2) is 10.7. The first-order chi connectivity index (χ1) is 15.0. The Bertz CT molecular complexity index is 1080. The first kappa shape index (κ1) is 22.5. The summed E-state index contributed by atoms with van der Waals surface area (Å²) in [5, 5.41) is 5.06. The van der Waals surface area contributed by atoms with Crippen LogP contribution in [-0.4, -0.2) is 18.7 Å². The number of nitrogens with two attached hydrogens (primary N) is 1. The first-order valence-corrected chi connectivity index (χ1v) is 10.2. The van der Waals surface area contributed by atoms with Gasteiger partial charge < -0.3 is 15.2 Å². The van der Waals surface area contributed by atoms with Crippen molar-refractivity contribution in [3.05, 3.63) is 87.4 Å². The van der Waals surface area contributed by atoms with Crippen molar-refractivity contribution in [2.75, 3.05) is 12.3 Å². The average Bonchev–Trinajstić information content (AvgIpc) is 2.75. The van der Waals surface area contributed by atoms with Crippen LogP contribution in [0.2, 0.25) is 10.0 Å². The Labute approximate surface area is 190 Å². The molecule has 0 aliphatic heterocycles. The molecule has 0 saturated heterocycles. The summed E-state index contributed by atoms with van der Waals surface area (Å²) in [6.07, 6.45) is 1.52. The Morgan fingerprint density at radius 3 is 2.48 bits per heavy atom. The summed E-state index contributed by atoms with van der Waals surface area (Å²) in [4.78, 5) is 12.1. The topological polar surface area (TPSA) is 85.9 Å². The first-order valence-electron chi connectivity index (χ1n) is 9.49. The monoisotopic (exact) mass is 457 g/mol. The Morgan fingerprint density at radius 1 is 1.03 bits per heavy atom. The van der Waals surface area contributed by atoms with Crippen LogP contribution in [0.5, 0.6) is 11.5 Å². The molecule has 3 rings (SSSR count). The van der Waals surface area contributed by atoms with Gasteiger partial charge in [-0.2, -0.15) is 5.10 Å². The minimum absolute atomic E-state index is 0.197. The summed E-state index contributed by atoms with van der Waals surface area (Å²) in [5.74, 6) is 0.723. The molecule has 1 amide bonds. The van der Waals surface area contributed by atoms with Crippen molar-refractivity contribution in [2.24, 2.45) is 5.10 Å². The zero-order valence-corrected chi connectivity index (χ0v) is 18.3. The lowest BCUT2D eigenvalue weighted by molar-refractivity contribution is 0.0955. The molecule has 0 heterocycles. The number of carbonyl (C=O) groups excluding carboxylic acids is 1. The molecule has 0 spiro atoms. The number of nitrogen functional groups attached to an aromatic ring is 1. The highest BCUT2D eigenvalue weighted by Crippen LogP contribution is 2.31. The Morgan fingerprint density at radius 2 is 1.77 bits per heavy atom. The van der Waals surface area contributed by atoms with Crippen LogP contribution in [0.4, 0.5) is 5.69 Å². The van der Waals surface area contributed by atoms with Crippen LogP contribution in [0.3, 0.4) is 0 Å². The fourth-order valence-corrected chi connectivity index (χ4v) is 3.23. The maximum Gasteiger partial charge on any atom is 0.271 e. The van der Waals surface area contributed by atoms with Crippen molar-refractivity contribution in [1.82, 2.24) is 5.43 Å². The highest BCUT2D eigenvalue weighted by Gasteiger charge is 2.10. The number of hydrogen-bond donors (Lipinski definition) is 2. The largest absolute Gasteiger partial charge is 0.490 e. The molecule has 0 atom stereocenters. The fraction of sp³-hybridized carbons (Fsp3) is 0.130. The number of anilines is 1. The van der Waals surface area contributed by atoms with Crippen LogP contribution < -0.4 is 20.6 Å². The number of nitrogens with one attached hydrogen (secondary N) is 1. The lowest BCUT2D eigenvalue weighted by Gasteiger charge is -2.14. The van der Waals surface area contributed by atoms with Gasteiger partial charge in [-0.1, -0.05) is 35.3 Å². The third kappa shape index (κ3) is 6.13. The smallest absolute Gasteiger partial charge is 0.271 e. The van der Waals surface area contributed by atoms with E-state index in [4.69, 9.17) is 38.4 Å². The van der Waals surface area contributed by atoms with Crippen molar-refractivity contribution < 1.29 is 14.3 Å². The molecule has 3 aromatic rings. The third-order valence-corrected chi connectivity index (χ3v) is 4.94. The molecule has 0 aromatic heterocycles. The molecule has 3 aromatic carbocycles. The van der Waals surface area contributed by atoms with E-state index in [2.05, 4.69) is 10.5 Å². The Kier molecular flexibility index (Phi) is 7.76. The third-order valence-electron chi connectivity index (χ3n) is 4.23. The second-order valence-electron chi connectivity index (χ2n) is 6.45. The second-order valence-corrected chi connectivity index (χ2v) is 7.27. The molecule has 0 aliphatic rings. The van der Waals surface area contributed by atoms with Crippen molar-refractivity contribution >= 4 is 41.0 Å². The van der Waals surface area contributed by atoms with Crippen molar-refractivity contribution in [3.63, 3.8) is 0 Å². The van der Waals surface area contributed by atoms with Crippen LogP contribution >= 0.6 is 23.2 Å². The van der Waals surface area contributed by atoms with Crippen LogP contribution in [0.15, 0.2) is 65.8 Å². The highest BCUT2D eigenvalue weighted by molar-refractivity contribution is 6.35. The van der Waals surface area contributed by atoms with Crippen LogP contribution in [-0.2, 0) is 6.61 Å². The Hall–Kier alpha value is -3.22. The van der Waals surface area contributed by atoms with Gasteiger partial charge in [-0.25, -0.2) is 5.43 Å². The van der Waals surface area contributed by atoms with Gasteiger partial charge in [-0.15, -0.1) is 0 Å². The molecule has 160 valence electrons. The van der Waals surface area contributed by atoms with Gasteiger partial charge in [-0.3, -0.25) is 4.79 Å². The van der Waals surface area contributed by atoms with Crippen molar-refractivity contribution in [1.29, 1.82) is 0 Å². The van der Waals surface area contributed by atoms with E-state index in [1.165, 1.54) is 6.21 Å². The zero-order chi connectivity index (χ0) is 22.2. The normalized spacial score (nSPS) is 10.8. The minimum Gasteiger partial charge on any atom is -0.490 e. The lowest BCUT2D eigenvalue weighted by Crippen LogP contribution is -2.17. The van der Waals surface area contributed by atoms with Crippen molar-refractivity contribution in [3.8, 4) is 11.5 Å². The summed E-state index contributed by atoms with van der Waals surface area (Å²) in [7, 11) is 0. The SMILES string of the molecule is CCOc1cc(/C=N\NC(=O)c2cccc(N)c2)ccc1OCc1c(Cl)cccc1Cl. The molecule has 3 N–H and O–H groups in total. The predicted octanol–water partition coefficient (Wildman–Crippen LogP) is 5.32. The maximum absolute atomic E-state index is 12.1. The molecule has 0 bridgehead atoms. The van der Waals surface area contributed by atoms with Gasteiger partial charge in [0.15, 0.2) is 11.5 Å². The average molecular weight is 458 g/mol. The Balaban J connectivity index is 1.69. The molecule has 0 fully saturated rings. The predicted molar refractivity (Wildman–Crippen MR) is 124 cm³/mol. The summed E-state index contributed by atoms with van der Waals surface area (Å²) in [6.45, 7) is 2.53. The van der Waals surface area contributed by atoms with E-state index in [0.717, 1.165) is 5.56 Å². The quantitative estimate of drug-likeness (QED) is 0.272. The van der Waals surface area contributed by atoms with E-state index < -0.39 is 0 Å². The molecule has 8 heteroatoms. The number of ether oxygens (including phenoxy) is 2. The number of carbonyl (C=O) groups is 1. The fourth-order valence-electron chi connectivity index (χ4n) is 2.72. The summed E-state index contributed by atoms with van der Waals surface area (Å²) in [6, 6.07) is 17.3. The van der Waals surface area contributed by atoms with Crippen LogP contribution in [0, 0.1) is 0 Å². The number of halogens is 2. The zero-order valence-electron chi connectivity index (χ0n) is 16.8. The molecule has 0 aliphatic carbocycles. The van der Waals surface area contributed by atoms with Gasteiger partial charge in [0.05, 0.1) is 12.8 Å². The maximum atomic E-state index is 12.1. The molecule has 6 nitrogen and oxygen atoms in total.